The molecule has 0 spiro atoms. The van der Waals surface area contributed by atoms with Gasteiger partial charge in [0, 0.05) is 11.1 Å². The van der Waals surface area contributed by atoms with E-state index in [9.17, 15) is 9.59 Å². The Morgan fingerprint density at radius 1 is 0.581 bits per heavy atom. The van der Waals surface area contributed by atoms with Gasteiger partial charge in [0.15, 0.2) is 11.6 Å². The number of carbonyl (C=O) groups excluding carboxylic acids is 2. The Bertz CT molecular complexity index is 856. The standard InChI is InChI=1S/C28H38O3/c1-15(2)27(25(29)23-19(7)11-17(5)12-20(23)8)31-28(16(3)4)26(30)24-21(9)13-18(6)14-22(24)10/h11-16,27-28H,1-10H3. The SMILES string of the molecule is Cc1cc(C)c(C(=O)C(OC(C(=O)c2c(C)cc(C)cc2C)C(C)C)C(C)C)c(C)c1. The third-order valence-electron chi connectivity index (χ3n) is 5.87. The molecule has 0 radical (unpaired) electrons. The summed E-state index contributed by atoms with van der Waals surface area (Å²) < 4.78 is 6.39. The van der Waals surface area contributed by atoms with Crippen LogP contribution in [0.4, 0.5) is 0 Å². The maximum absolute atomic E-state index is 13.6. The minimum atomic E-state index is -0.678. The topological polar surface area (TPSA) is 43.4 Å². The zero-order valence-corrected chi connectivity index (χ0v) is 20.8. The summed E-state index contributed by atoms with van der Waals surface area (Å²) in [4.78, 5) is 27.2. The molecule has 2 aromatic rings. The predicted molar refractivity (Wildman–Crippen MR) is 128 cm³/mol. The molecule has 168 valence electrons. The van der Waals surface area contributed by atoms with E-state index in [2.05, 4.69) is 0 Å². The van der Waals surface area contributed by atoms with E-state index in [0.29, 0.717) is 11.1 Å². The van der Waals surface area contributed by atoms with Crippen LogP contribution in [-0.4, -0.2) is 23.8 Å². The lowest BCUT2D eigenvalue weighted by atomic mass is 9.88. The van der Waals surface area contributed by atoms with Gasteiger partial charge in [-0.1, -0.05) is 63.1 Å². The zero-order chi connectivity index (χ0) is 23.6. The van der Waals surface area contributed by atoms with Crippen molar-refractivity contribution in [3.8, 4) is 0 Å². The Kier molecular flexibility index (Phi) is 7.99. The fraction of sp³-hybridized carbons (Fsp3) is 0.500. The molecule has 0 bridgehead atoms. The second-order valence-corrected chi connectivity index (χ2v) is 9.74. The number of hydrogen-bond donors (Lipinski definition) is 0. The maximum Gasteiger partial charge on any atom is 0.192 e. The molecule has 0 aromatic heterocycles. The van der Waals surface area contributed by atoms with Crippen LogP contribution in [-0.2, 0) is 4.74 Å². The van der Waals surface area contributed by atoms with Crippen LogP contribution >= 0.6 is 0 Å². The third kappa shape index (κ3) is 5.51. The lowest BCUT2D eigenvalue weighted by Crippen LogP contribution is -2.40. The monoisotopic (exact) mass is 422 g/mol. The average molecular weight is 423 g/mol. The molecule has 0 aliphatic heterocycles. The molecular formula is C28H38O3. The van der Waals surface area contributed by atoms with Gasteiger partial charge in [0.1, 0.15) is 12.2 Å². The molecule has 0 N–H and O–H groups in total. The Balaban J connectivity index is 2.46. The van der Waals surface area contributed by atoms with Crippen LogP contribution in [0, 0.1) is 53.4 Å². The maximum atomic E-state index is 13.6. The van der Waals surface area contributed by atoms with Crippen molar-refractivity contribution in [1.29, 1.82) is 0 Å². The normalized spacial score (nSPS) is 13.5. The van der Waals surface area contributed by atoms with Gasteiger partial charge in [0.2, 0.25) is 0 Å². The molecule has 0 aliphatic carbocycles. The van der Waals surface area contributed by atoms with Crippen LogP contribution < -0.4 is 0 Å². The molecule has 0 fully saturated rings. The Labute approximate surface area is 188 Å². The molecule has 3 heteroatoms. The summed E-state index contributed by atoms with van der Waals surface area (Å²) in [5.41, 5.74) is 7.50. The van der Waals surface area contributed by atoms with E-state index in [1.165, 1.54) is 0 Å². The molecule has 0 aliphatic rings. The molecule has 3 nitrogen and oxygen atoms in total. The molecule has 2 rings (SSSR count). The summed E-state index contributed by atoms with van der Waals surface area (Å²) in [5, 5.41) is 0. The molecule has 2 unspecified atom stereocenters. The van der Waals surface area contributed by atoms with Crippen molar-refractivity contribution in [2.75, 3.05) is 0 Å². The van der Waals surface area contributed by atoms with E-state index in [0.717, 1.165) is 33.4 Å². The number of carbonyl (C=O) groups is 2. The zero-order valence-electron chi connectivity index (χ0n) is 20.8. The number of aryl methyl sites for hydroxylation is 6. The van der Waals surface area contributed by atoms with Crippen LogP contribution in [0.2, 0.25) is 0 Å². The molecule has 0 saturated carbocycles. The molecule has 2 atom stereocenters. The summed E-state index contributed by atoms with van der Waals surface area (Å²) in [6.45, 7) is 19.8. The number of hydrogen-bond acceptors (Lipinski definition) is 3. The largest absolute Gasteiger partial charge is 0.358 e. The van der Waals surface area contributed by atoms with Gasteiger partial charge in [-0.15, -0.1) is 0 Å². The van der Waals surface area contributed by atoms with Crippen molar-refractivity contribution in [1.82, 2.24) is 0 Å². The number of rotatable bonds is 8. The van der Waals surface area contributed by atoms with E-state index in [1.54, 1.807) is 0 Å². The minimum Gasteiger partial charge on any atom is -0.358 e. The van der Waals surface area contributed by atoms with Crippen LogP contribution in [0.3, 0.4) is 0 Å². The summed E-state index contributed by atoms with van der Waals surface area (Å²) in [6, 6.07) is 8.12. The lowest BCUT2D eigenvalue weighted by Gasteiger charge is -2.29. The molecular weight excluding hydrogens is 384 g/mol. The van der Waals surface area contributed by atoms with Crippen molar-refractivity contribution in [3.63, 3.8) is 0 Å². The van der Waals surface area contributed by atoms with Crippen molar-refractivity contribution in [3.05, 3.63) is 68.8 Å². The lowest BCUT2D eigenvalue weighted by molar-refractivity contribution is -0.0285. The number of Topliss-reactive ketones (excluding diaryl/α,β-unsaturated/α-hetero) is 2. The molecule has 0 amide bonds. The van der Waals surface area contributed by atoms with Crippen LogP contribution in [0.1, 0.15) is 81.8 Å². The number of benzene rings is 2. The number of ketones is 2. The van der Waals surface area contributed by atoms with Crippen LogP contribution in [0.25, 0.3) is 0 Å². The van der Waals surface area contributed by atoms with E-state index in [4.69, 9.17) is 4.74 Å². The van der Waals surface area contributed by atoms with Crippen molar-refractivity contribution in [2.45, 2.75) is 81.4 Å². The van der Waals surface area contributed by atoms with Crippen LogP contribution in [0.15, 0.2) is 24.3 Å². The molecule has 31 heavy (non-hydrogen) atoms. The first-order chi connectivity index (χ1) is 14.3. The first kappa shape index (κ1) is 25.0. The minimum absolute atomic E-state index is 0.0409. The van der Waals surface area contributed by atoms with Gasteiger partial charge in [-0.3, -0.25) is 9.59 Å². The highest BCUT2D eigenvalue weighted by Crippen LogP contribution is 2.27. The highest BCUT2D eigenvalue weighted by atomic mass is 16.5. The molecule has 0 saturated heterocycles. The first-order valence-electron chi connectivity index (χ1n) is 11.2. The Hall–Kier alpha value is -2.26. The predicted octanol–water partition coefficient (Wildman–Crippen LogP) is 6.67. The number of ether oxygens (including phenoxy) is 1. The summed E-state index contributed by atoms with van der Waals surface area (Å²) in [6.07, 6.45) is -1.36. The van der Waals surface area contributed by atoms with E-state index >= 15 is 0 Å². The second-order valence-electron chi connectivity index (χ2n) is 9.74. The summed E-state index contributed by atoms with van der Waals surface area (Å²) in [5.74, 6) is -0.190. The van der Waals surface area contributed by atoms with Gasteiger partial charge in [-0.05, 0) is 75.6 Å². The van der Waals surface area contributed by atoms with E-state index < -0.39 is 12.2 Å². The summed E-state index contributed by atoms with van der Waals surface area (Å²) in [7, 11) is 0. The van der Waals surface area contributed by atoms with Gasteiger partial charge in [-0.2, -0.15) is 0 Å². The van der Waals surface area contributed by atoms with Gasteiger partial charge >= 0.3 is 0 Å². The first-order valence-corrected chi connectivity index (χ1v) is 11.2. The molecule has 0 heterocycles. The highest BCUT2D eigenvalue weighted by Gasteiger charge is 2.35. The van der Waals surface area contributed by atoms with Gasteiger partial charge in [0.05, 0.1) is 0 Å². The average Bonchev–Trinajstić information content (AvgIpc) is 2.59. The van der Waals surface area contributed by atoms with E-state index in [-0.39, 0.29) is 23.4 Å². The fourth-order valence-electron chi connectivity index (χ4n) is 4.62. The van der Waals surface area contributed by atoms with Gasteiger partial charge in [0.25, 0.3) is 0 Å². The van der Waals surface area contributed by atoms with Crippen molar-refractivity contribution in [2.24, 2.45) is 11.8 Å². The van der Waals surface area contributed by atoms with Gasteiger partial charge in [-0.25, -0.2) is 0 Å². The van der Waals surface area contributed by atoms with E-state index in [1.807, 2.05) is 93.5 Å². The quantitative estimate of drug-likeness (QED) is 0.446. The third-order valence-corrected chi connectivity index (χ3v) is 5.87. The Morgan fingerprint density at radius 2 is 0.839 bits per heavy atom. The fourth-order valence-corrected chi connectivity index (χ4v) is 4.62. The van der Waals surface area contributed by atoms with Gasteiger partial charge < -0.3 is 4.74 Å². The second kappa shape index (κ2) is 9.91. The molecule has 2 aromatic carbocycles. The highest BCUT2D eigenvalue weighted by molar-refractivity contribution is 6.04. The summed E-state index contributed by atoms with van der Waals surface area (Å²) >= 11 is 0. The van der Waals surface area contributed by atoms with Crippen molar-refractivity contribution >= 4 is 11.6 Å². The van der Waals surface area contributed by atoms with Crippen molar-refractivity contribution < 1.29 is 14.3 Å². The Morgan fingerprint density at radius 3 is 1.06 bits per heavy atom. The van der Waals surface area contributed by atoms with Crippen LogP contribution in [0.5, 0.6) is 0 Å². The smallest absolute Gasteiger partial charge is 0.192 e.